The Balaban J connectivity index is 3.72. The molecule has 0 aromatic rings. The van der Waals surface area contributed by atoms with E-state index in [-0.39, 0.29) is 11.7 Å². The summed E-state index contributed by atoms with van der Waals surface area (Å²) in [6.45, 7) is 4.20. The van der Waals surface area contributed by atoms with E-state index < -0.39 is 10.0 Å². The summed E-state index contributed by atoms with van der Waals surface area (Å²) in [4.78, 5) is 0. The van der Waals surface area contributed by atoms with Crippen molar-refractivity contribution in [2.24, 2.45) is 5.92 Å². The van der Waals surface area contributed by atoms with E-state index >= 15 is 0 Å². The van der Waals surface area contributed by atoms with Crippen LogP contribution < -0.4 is 4.72 Å². The standard InChI is InChI=1S/C9H17NO2S/c1-4-5-6-7-10-13(11,12)8-9(2)3/h1,9-10H,5-8H2,2-3H3. The fourth-order valence-corrected chi connectivity index (χ4v) is 2.37. The molecular weight excluding hydrogens is 186 g/mol. The molecule has 0 rings (SSSR count). The van der Waals surface area contributed by atoms with Crippen molar-refractivity contribution in [2.45, 2.75) is 26.7 Å². The van der Waals surface area contributed by atoms with Crippen LogP contribution in [0.3, 0.4) is 0 Å². The Morgan fingerprint density at radius 2 is 2.08 bits per heavy atom. The first-order chi connectivity index (χ1) is 5.98. The number of rotatable bonds is 6. The van der Waals surface area contributed by atoms with Gasteiger partial charge in [-0.1, -0.05) is 13.8 Å². The SMILES string of the molecule is C#CCCCNS(=O)(=O)CC(C)C. The van der Waals surface area contributed by atoms with Gasteiger partial charge in [-0.3, -0.25) is 0 Å². The molecule has 1 N–H and O–H groups in total. The third-order valence-corrected chi connectivity index (χ3v) is 3.12. The lowest BCUT2D eigenvalue weighted by molar-refractivity contribution is 0.566. The largest absolute Gasteiger partial charge is 0.215 e. The van der Waals surface area contributed by atoms with Crippen LogP contribution >= 0.6 is 0 Å². The summed E-state index contributed by atoms with van der Waals surface area (Å²) < 4.78 is 25.0. The maximum atomic E-state index is 11.2. The van der Waals surface area contributed by atoms with Gasteiger partial charge in [0.1, 0.15) is 0 Å². The van der Waals surface area contributed by atoms with Gasteiger partial charge >= 0.3 is 0 Å². The summed E-state index contributed by atoms with van der Waals surface area (Å²) in [6.07, 6.45) is 6.35. The van der Waals surface area contributed by atoms with Crippen molar-refractivity contribution in [2.75, 3.05) is 12.3 Å². The van der Waals surface area contributed by atoms with Gasteiger partial charge in [0.2, 0.25) is 10.0 Å². The van der Waals surface area contributed by atoms with Crippen molar-refractivity contribution < 1.29 is 8.42 Å². The van der Waals surface area contributed by atoms with Gasteiger partial charge in [0.15, 0.2) is 0 Å². The van der Waals surface area contributed by atoms with Crippen LogP contribution in [0.15, 0.2) is 0 Å². The number of hydrogen-bond donors (Lipinski definition) is 1. The Bertz CT molecular complexity index is 262. The summed E-state index contributed by atoms with van der Waals surface area (Å²) in [5.74, 6) is 2.80. The van der Waals surface area contributed by atoms with Crippen LogP contribution in [-0.2, 0) is 10.0 Å². The van der Waals surface area contributed by atoms with E-state index in [4.69, 9.17) is 6.42 Å². The van der Waals surface area contributed by atoms with Crippen LogP contribution in [0.5, 0.6) is 0 Å². The molecule has 0 bridgehead atoms. The summed E-state index contributed by atoms with van der Waals surface area (Å²) >= 11 is 0. The molecule has 3 nitrogen and oxygen atoms in total. The highest BCUT2D eigenvalue weighted by atomic mass is 32.2. The Kier molecular flexibility index (Phi) is 5.76. The number of sulfonamides is 1. The number of terminal acetylenes is 1. The molecule has 0 unspecified atom stereocenters. The molecule has 76 valence electrons. The fraction of sp³-hybridized carbons (Fsp3) is 0.778. The second-order valence-electron chi connectivity index (χ2n) is 3.38. The molecule has 13 heavy (non-hydrogen) atoms. The van der Waals surface area contributed by atoms with Crippen molar-refractivity contribution in [3.05, 3.63) is 0 Å². The maximum Gasteiger partial charge on any atom is 0.211 e. The first-order valence-electron chi connectivity index (χ1n) is 4.38. The molecule has 0 amide bonds. The van der Waals surface area contributed by atoms with Crippen LogP contribution in [0.4, 0.5) is 0 Å². The average molecular weight is 203 g/mol. The van der Waals surface area contributed by atoms with Gasteiger partial charge in [0.25, 0.3) is 0 Å². The van der Waals surface area contributed by atoms with E-state index in [2.05, 4.69) is 10.6 Å². The second kappa shape index (κ2) is 6.01. The predicted molar refractivity (Wildman–Crippen MR) is 54.7 cm³/mol. The fourth-order valence-electron chi connectivity index (χ4n) is 0.916. The highest BCUT2D eigenvalue weighted by molar-refractivity contribution is 7.89. The summed E-state index contributed by atoms with van der Waals surface area (Å²) in [5, 5.41) is 0. The normalized spacial score (nSPS) is 11.5. The van der Waals surface area contributed by atoms with E-state index in [9.17, 15) is 8.42 Å². The predicted octanol–water partition coefficient (Wildman–Crippen LogP) is 0.975. The van der Waals surface area contributed by atoms with Crippen LogP contribution in [0, 0.1) is 18.3 Å². The molecule has 0 aliphatic heterocycles. The van der Waals surface area contributed by atoms with Crippen molar-refractivity contribution in [3.63, 3.8) is 0 Å². The quantitative estimate of drug-likeness (QED) is 0.516. The zero-order valence-corrected chi connectivity index (χ0v) is 9.02. The van der Waals surface area contributed by atoms with Gasteiger partial charge in [0.05, 0.1) is 5.75 Å². The van der Waals surface area contributed by atoms with Crippen LogP contribution in [0.25, 0.3) is 0 Å². The summed E-state index contributed by atoms with van der Waals surface area (Å²) in [5.41, 5.74) is 0. The molecular formula is C9H17NO2S. The van der Waals surface area contributed by atoms with Crippen molar-refractivity contribution in [3.8, 4) is 12.3 Å². The highest BCUT2D eigenvalue weighted by Crippen LogP contribution is 1.97. The average Bonchev–Trinajstić information content (AvgIpc) is 1.95. The lowest BCUT2D eigenvalue weighted by Gasteiger charge is -2.07. The third-order valence-electron chi connectivity index (χ3n) is 1.37. The maximum absolute atomic E-state index is 11.2. The van der Waals surface area contributed by atoms with E-state index in [0.717, 1.165) is 0 Å². The molecule has 4 heteroatoms. The minimum atomic E-state index is -3.08. The topological polar surface area (TPSA) is 46.2 Å². The molecule has 0 aromatic carbocycles. The second-order valence-corrected chi connectivity index (χ2v) is 5.23. The zero-order chi connectivity index (χ0) is 10.3. The molecule has 0 saturated carbocycles. The summed E-state index contributed by atoms with van der Waals surface area (Å²) in [6, 6.07) is 0. The van der Waals surface area contributed by atoms with Crippen molar-refractivity contribution in [1.82, 2.24) is 4.72 Å². The molecule has 0 aromatic heterocycles. The lowest BCUT2D eigenvalue weighted by atomic mass is 10.3. The molecule has 0 aliphatic rings. The molecule has 0 atom stereocenters. The van der Waals surface area contributed by atoms with Gasteiger partial charge in [-0.2, -0.15) is 0 Å². The Morgan fingerprint density at radius 3 is 2.54 bits per heavy atom. The van der Waals surface area contributed by atoms with E-state index in [1.54, 1.807) is 0 Å². The van der Waals surface area contributed by atoms with Crippen molar-refractivity contribution >= 4 is 10.0 Å². The highest BCUT2D eigenvalue weighted by Gasteiger charge is 2.10. The number of unbranched alkanes of at least 4 members (excludes halogenated alkanes) is 1. The van der Waals surface area contributed by atoms with Gasteiger partial charge in [-0.05, 0) is 12.3 Å². The zero-order valence-electron chi connectivity index (χ0n) is 8.21. The monoisotopic (exact) mass is 203 g/mol. The van der Waals surface area contributed by atoms with Crippen LogP contribution in [0.1, 0.15) is 26.7 Å². The Labute approximate surface area is 81.0 Å². The first kappa shape index (κ1) is 12.5. The minimum Gasteiger partial charge on any atom is -0.215 e. The molecule has 0 aliphatic carbocycles. The van der Waals surface area contributed by atoms with Gasteiger partial charge in [-0.15, -0.1) is 12.3 Å². The van der Waals surface area contributed by atoms with E-state index in [1.807, 2.05) is 13.8 Å². The number of hydrogen-bond acceptors (Lipinski definition) is 2. The lowest BCUT2D eigenvalue weighted by Crippen LogP contribution is -2.29. The van der Waals surface area contributed by atoms with Crippen LogP contribution in [-0.4, -0.2) is 20.7 Å². The van der Waals surface area contributed by atoms with Gasteiger partial charge < -0.3 is 0 Å². The van der Waals surface area contributed by atoms with E-state index in [0.29, 0.717) is 19.4 Å². The molecule has 0 saturated heterocycles. The number of nitrogens with one attached hydrogen (secondary N) is 1. The van der Waals surface area contributed by atoms with Gasteiger partial charge in [-0.25, -0.2) is 13.1 Å². The Hall–Kier alpha value is -0.530. The molecule has 0 heterocycles. The van der Waals surface area contributed by atoms with Crippen molar-refractivity contribution in [1.29, 1.82) is 0 Å². The summed E-state index contributed by atoms with van der Waals surface area (Å²) in [7, 11) is -3.08. The minimum absolute atomic E-state index is 0.158. The Morgan fingerprint density at radius 1 is 1.46 bits per heavy atom. The first-order valence-corrected chi connectivity index (χ1v) is 6.04. The third kappa shape index (κ3) is 7.82. The van der Waals surface area contributed by atoms with Gasteiger partial charge in [0, 0.05) is 13.0 Å². The van der Waals surface area contributed by atoms with Crippen LogP contribution in [0.2, 0.25) is 0 Å². The van der Waals surface area contributed by atoms with E-state index in [1.165, 1.54) is 0 Å². The smallest absolute Gasteiger partial charge is 0.211 e. The molecule has 0 spiro atoms. The molecule has 0 fully saturated rings. The molecule has 0 radical (unpaired) electrons.